The van der Waals surface area contributed by atoms with Gasteiger partial charge in [-0.05, 0) is 13.0 Å². The number of nitrogens with one attached hydrogen (secondary N) is 1. The Morgan fingerprint density at radius 3 is 2.56 bits per heavy atom. The summed E-state index contributed by atoms with van der Waals surface area (Å²) in [7, 11) is 0. The number of pyridine rings is 1. The topological polar surface area (TPSA) is 99.5 Å². The van der Waals surface area contributed by atoms with Crippen molar-refractivity contribution in [3.63, 3.8) is 0 Å². The lowest BCUT2D eigenvalue weighted by Crippen LogP contribution is -2.47. The van der Waals surface area contributed by atoms with Gasteiger partial charge in [0.05, 0.1) is 16.7 Å². The van der Waals surface area contributed by atoms with Crippen LogP contribution in [0.4, 0.5) is 0 Å². The summed E-state index contributed by atoms with van der Waals surface area (Å²) in [6.45, 7) is 1.25. The van der Waals surface area contributed by atoms with Gasteiger partial charge in [-0.3, -0.25) is 4.79 Å². The standard InChI is InChI=1S/C10H10Cl2N2O4/c1-4(15)8(10(17)18)14-9(16)5-2-7(12)13-3-6(5)11/h2-4,8,15H,1H3,(H,14,16)(H,17,18). The number of aliphatic carboxylic acids is 1. The summed E-state index contributed by atoms with van der Waals surface area (Å²) in [4.78, 5) is 26.3. The predicted octanol–water partition coefficient (Wildman–Crippen LogP) is 0.952. The zero-order chi connectivity index (χ0) is 13.9. The molecule has 0 aliphatic carbocycles. The van der Waals surface area contributed by atoms with Crippen molar-refractivity contribution in [2.45, 2.75) is 19.1 Å². The lowest BCUT2D eigenvalue weighted by molar-refractivity contribution is -0.141. The average Bonchev–Trinajstić information content (AvgIpc) is 2.28. The summed E-state index contributed by atoms with van der Waals surface area (Å²) < 4.78 is 0. The minimum atomic E-state index is -1.43. The van der Waals surface area contributed by atoms with Gasteiger partial charge < -0.3 is 15.5 Å². The van der Waals surface area contributed by atoms with Gasteiger partial charge in [-0.25, -0.2) is 9.78 Å². The van der Waals surface area contributed by atoms with E-state index in [9.17, 15) is 14.7 Å². The Kier molecular flexibility index (Phi) is 4.89. The Labute approximate surface area is 113 Å². The molecule has 2 unspecified atom stereocenters. The van der Waals surface area contributed by atoms with E-state index in [0.29, 0.717) is 0 Å². The van der Waals surface area contributed by atoms with Crippen molar-refractivity contribution in [2.75, 3.05) is 0 Å². The van der Waals surface area contributed by atoms with E-state index >= 15 is 0 Å². The van der Waals surface area contributed by atoms with Gasteiger partial charge in [-0.15, -0.1) is 0 Å². The Balaban J connectivity index is 2.94. The number of hydrogen-bond acceptors (Lipinski definition) is 4. The number of hydrogen-bond donors (Lipinski definition) is 3. The van der Waals surface area contributed by atoms with Crippen LogP contribution >= 0.6 is 23.2 Å². The van der Waals surface area contributed by atoms with E-state index in [1.807, 2.05) is 0 Å². The fourth-order valence-electron chi connectivity index (χ4n) is 1.19. The van der Waals surface area contributed by atoms with Crippen molar-refractivity contribution < 1.29 is 19.8 Å². The number of carboxylic acids is 1. The maximum Gasteiger partial charge on any atom is 0.328 e. The van der Waals surface area contributed by atoms with Crippen molar-refractivity contribution >= 4 is 35.1 Å². The maximum atomic E-state index is 11.8. The van der Waals surface area contributed by atoms with Crippen LogP contribution in [-0.2, 0) is 4.79 Å². The molecule has 1 aromatic rings. The second-order valence-corrected chi connectivity index (χ2v) is 4.31. The Morgan fingerprint density at radius 2 is 2.06 bits per heavy atom. The molecule has 0 aliphatic heterocycles. The number of carbonyl (C=O) groups is 2. The van der Waals surface area contributed by atoms with Gasteiger partial charge in [0.15, 0.2) is 6.04 Å². The van der Waals surface area contributed by atoms with Crippen LogP contribution in [0.5, 0.6) is 0 Å². The van der Waals surface area contributed by atoms with Gasteiger partial charge >= 0.3 is 5.97 Å². The highest BCUT2D eigenvalue weighted by atomic mass is 35.5. The van der Waals surface area contributed by atoms with E-state index in [1.165, 1.54) is 19.2 Å². The molecule has 0 radical (unpaired) electrons. The fourth-order valence-corrected chi connectivity index (χ4v) is 1.54. The Hall–Kier alpha value is -1.37. The van der Waals surface area contributed by atoms with Gasteiger partial charge in [0.2, 0.25) is 0 Å². The number of aliphatic hydroxyl groups is 1. The smallest absolute Gasteiger partial charge is 0.328 e. The Morgan fingerprint density at radius 1 is 1.44 bits per heavy atom. The van der Waals surface area contributed by atoms with Gasteiger partial charge in [-0.1, -0.05) is 23.2 Å². The maximum absolute atomic E-state index is 11.8. The molecule has 1 amide bonds. The van der Waals surface area contributed by atoms with Crippen molar-refractivity contribution in [2.24, 2.45) is 0 Å². The van der Waals surface area contributed by atoms with Crippen LogP contribution < -0.4 is 5.32 Å². The molecule has 0 saturated carbocycles. The molecule has 0 aliphatic rings. The molecule has 1 aromatic heterocycles. The summed E-state index contributed by atoms with van der Waals surface area (Å²) in [6.07, 6.45) is -0.0701. The lowest BCUT2D eigenvalue weighted by Gasteiger charge is -2.17. The van der Waals surface area contributed by atoms with Crippen molar-refractivity contribution in [3.05, 3.63) is 28.0 Å². The zero-order valence-electron chi connectivity index (χ0n) is 9.22. The first-order valence-electron chi connectivity index (χ1n) is 4.85. The molecule has 1 rings (SSSR count). The molecule has 3 N–H and O–H groups in total. The first-order chi connectivity index (χ1) is 8.32. The molecule has 6 nitrogen and oxygen atoms in total. The fraction of sp³-hybridized carbons (Fsp3) is 0.300. The van der Waals surface area contributed by atoms with Gasteiger partial charge in [0, 0.05) is 6.20 Å². The molecule has 98 valence electrons. The average molecular weight is 293 g/mol. The van der Waals surface area contributed by atoms with Crippen molar-refractivity contribution in [1.82, 2.24) is 10.3 Å². The van der Waals surface area contributed by atoms with Gasteiger partial charge in [0.1, 0.15) is 5.15 Å². The molecule has 0 saturated heterocycles. The summed E-state index contributed by atoms with van der Waals surface area (Å²) in [5, 5.41) is 20.3. The van der Waals surface area contributed by atoms with Crippen molar-refractivity contribution in [1.29, 1.82) is 0 Å². The van der Waals surface area contributed by atoms with Gasteiger partial charge in [0.25, 0.3) is 5.91 Å². The molecule has 0 spiro atoms. The minimum absolute atomic E-state index is 0.0106. The zero-order valence-corrected chi connectivity index (χ0v) is 10.7. The number of aromatic nitrogens is 1. The summed E-state index contributed by atoms with van der Waals surface area (Å²) in [5.74, 6) is -2.10. The van der Waals surface area contributed by atoms with Gasteiger partial charge in [-0.2, -0.15) is 0 Å². The van der Waals surface area contributed by atoms with E-state index in [-0.39, 0.29) is 15.7 Å². The molecule has 0 fully saturated rings. The van der Waals surface area contributed by atoms with E-state index in [4.69, 9.17) is 28.3 Å². The molecule has 18 heavy (non-hydrogen) atoms. The van der Waals surface area contributed by atoms with E-state index < -0.39 is 24.0 Å². The number of amides is 1. The number of carboxylic acid groups (broad SMARTS) is 1. The minimum Gasteiger partial charge on any atom is -0.480 e. The first-order valence-corrected chi connectivity index (χ1v) is 5.61. The van der Waals surface area contributed by atoms with Crippen LogP contribution in [0.2, 0.25) is 10.2 Å². The summed E-state index contributed by atoms with van der Waals surface area (Å²) in [6, 6.07) is -0.222. The highest BCUT2D eigenvalue weighted by Gasteiger charge is 2.26. The highest BCUT2D eigenvalue weighted by molar-refractivity contribution is 6.35. The molecule has 2 atom stereocenters. The van der Waals surface area contributed by atoms with Crippen LogP contribution in [0.3, 0.4) is 0 Å². The van der Waals surface area contributed by atoms with Crippen LogP contribution in [0.15, 0.2) is 12.3 Å². The van der Waals surface area contributed by atoms with Crippen LogP contribution in [0, 0.1) is 0 Å². The van der Waals surface area contributed by atoms with Crippen LogP contribution in [0.1, 0.15) is 17.3 Å². The number of carbonyl (C=O) groups excluding carboxylic acids is 1. The number of aliphatic hydroxyl groups excluding tert-OH is 1. The van der Waals surface area contributed by atoms with E-state index in [1.54, 1.807) is 0 Å². The van der Waals surface area contributed by atoms with E-state index in [2.05, 4.69) is 10.3 Å². The Bertz CT molecular complexity index is 479. The molecule has 0 aromatic carbocycles. The molecule has 0 bridgehead atoms. The molecular formula is C10H10Cl2N2O4. The largest absolute Gasteiger partial charge is 0.480 e. The third-order valence-corrected chi connectivity index (χ3v) is 2.61. The molecule has 1 heterocycles. The number of rotatable bonds is 4. The molecular weight excluding hydrogens is 283 g/mol. The van der Waals surface area contributed by atoms with E-state index in [0.717, 1.165) is 0 Å². The number of nitrogens with zero attached hydrogens (tertiary/aromatic N) is 1. The number of halogens is 2. The first kappa shape index (κ1) is 14.7. The SMILES string of the molecule is CC(O)C(NC(=O)c1cc(Cl)ncc1Cl)C(=O)O. The summed E-state index contributed by atoms with van der Waals surface area (Å²) >= 11 is 11.3. The third-order valence-electron chi connectivity index (χ3n) is 2.10. The highest BCUT2D eigenvalue weighted by Crippen LogP contribution is 2.18. The normalized spacial score (nSPS) is 13.8. The summed E-state index contributed by atoms with van der Waals surface area (Å²) in [5.41, 5.74) is -0.0106. The monoisotopic (exact) mass is 292 g/mol. The van der Waals surface area contributed by atoms with Crippen molar-refractivity contribution in [3.8, 4) is 0 Å². The van der Waals surface area contributed by atoms with Crippen LogP contribution in [-0.4, -0.2) is 39.2 Å². The quantitative estimate of drug-likeness (QED) is 0.718. The van der Waals surface area contributed by atoms with Crippen LogP contribution in [0.25, 0.3) is 0 Å². The lowest BCUT2D eigenvalue weighted by atomic mass is 10.1. The molecule has 8 heteroatoms. The predicted molar refractivity (Wildman–Crippen MR) is 64.8 cm³/mol. The second kappa shape index (κ2) is 5.99. The third kappa shape index (κ3) is 3.56. The second-order valence-electron chi connectivity index (χ2n) is 3.52.